The van der Waals surface area contributed by atoms with Crippen molar-refractivity contribution in [3.05, 3.63) is 0 Å². The van der Waals surface area contributed by atoms with E-state index in [9.17, 15) is 14.4 Å². The smallest absolute Gasteiger partial charge is 0.306 e. The highest BCUT2D eigenvalue weighted by atomic mass is 16.6. The molecule has 386 valence electrons. The average molecular weight is 920 g/mol. The molecule has 0 N–H and O–H groups in total. The third-order valence-electron chi connectivity index (χ3n) is 13.4. The van der Waals surface area contributed by atoms with Gasteiger partial charge >= 0.3 is 17.9 Å². The van der Waals surface area contributed by atoms with Gasteiger partial charge in [0.1, 0.15) is 13.2 Å². The summed E-state index contributed by atoms with van der Waals surface area (Å²) in [5.41, 5.74) is 0. The second-order valence-corrected chi connectivity index (χ2v) is 21.7. The molecule has 0 spiro atoms. The van der Waals surface area contributed by atoms with Crippen molar-refractivity contribution in [1.29, 1.82) is 0 Å². The van der Waals surface area contributed by atoms with Gasteiger partial charge in [0.05, 0.1) is 0 Å². The highest BCUT2D eigenvalue weighted by Gasteiger charge is 2.19. The molecule has 65 heavy (non-hydrogen) atoms. The molecule has 0 aliphatic heterocycles. The second kappa shape index (κ2) is 50.3. The molecule has 0 aromatic heterocycles. The molecule has 0 aliphatic carbocycles. The monoisotopic (exact) mass is 919 g/mol. The van der Waals surface area contributed by atoms with Crippen LogP contribution in [0.4, 0.5) is 0 Å². The van der Waals surface area contributed by atoms with Gasteiger partial charge in [-0.15, -0.1) is 0 Å². The van der Waals surface area contributed by atoms with Crippen molar-refractivity contribution in [2.24, 2.45) is 17.8 Å². The third kappa shape index (κ3) is 53.2. The standard InChI is InChI=1S/C59H114O6/c1-53(2)45-39-33-27-21-16-12-9-7-8-10-14-18-24-30-36-42-48-57(60)63-51-56(65-59(62)50-44-38-32-26-20-23-29-35-41-47-55(5)6)52-64-58(61)49-43-37-31-25-19-15-11-13-17-22-28-34-40-46-54(3)4/h53-56H,7-52H2,1-6H3/t56-/m1/s1. The number of ether oxygens (including phenoxy) is 3. The van der Waals surface area contributed by atoms with Crippen LogP contribution < -0.4 is 0 Å². The Balaban J connectivity index is 4.26. The van der Waals surface area contributed by atoms with E-state index in [4.69, 9.17) is 14.2 Å². The van der Waals surface area contributed by atoms with Crippen molar-refractivity contribution < 1.29 is 28.6 Å². The minimum absolute atomic E-state index is 0.0637. The summed E-state index contributed by atoms with van der Waals surface area (Å²) >= 11 is 0. The highest BCUT2D eigenvalue weighted by molar-refractivity contribution is 5.71. The molecule has 0 aromatic rings. The summed E-state index contributed by atoms with van der Waals surface area (Å²) in [6.45, 7) is 13.8. The van der Waals surface area contributed by atoms with Crippen molar-refractivity contribution in [2.75, 3.05) is 13.2 Å². The van der Waals surface area contributed by atoms with Gasteiger partial charge in [0.25, 0.3) is 0 Å². The van der Waals surface area contributed by atoms with Crippen molar-refractivity contribution in [3.8, 4) is 0 Å². The van der Waals surface area contributed by atoms with Crippen molar-refractivity contribution in [2.45, 2.75) is 330 Å². The van der Waals surface area contributed by atoms with Crippen LogP contribution in [-0.2, 0) is 28.6 Å². The fraction of sp³-hybridized carbons (Fsp3) is 0.949. The Morgan fingerprint density at radius 1 is 0.262 bits per heavy atom. The van der Waals surface area contributed by atoms with Gasteiger partial charge in [-0.25, -0.2) is 0 Å². The Hall–Kier alpha value is -1.59. The van der Waals surface area contributed by atoms with Crippen LogP contribution in [0.25, 0.3) is 0 Å². The summed E-state index contributed by atoms with van der Waals surface area (Å²) < 4.78 is 16.9. The van der Waals surface area contributed by atoms with E-state index in [-0.39, 0.29) is 31.1 Å². The van der Waals surface area contributed by atoms with E-state index >= 15 is 0 Å². The van der Waals surface area contributed by atoms with Gasteiger partial charge in [0.15, 0.2) is 6.10 Å². The molecule has 0 unspecified atom stereocenters. The molecular formula is C59H114O6. The number of hydrogen-bond donors (Lipinski definition) is 0. The van der Waals surface area contributed by atoms with Crippen LogP contribution in [0.15, 0.2) is 0 Å². The molecule has 0 fully saturated rings. The molecule has 0 aliphatic rings. The molecule has 0 heterocycles. The number of rotatable bonds is 52. The van der Waals surface area contributed by atoms with Crippen molar-refractivity contribution in [3.63, 3.8) is 0 Å². The Morgan fingerprint density at radius 3 is 0.662 bits per heavy atom. The van der Waals surface area contributed by atoms with E-state index < -0.39 is 6.10 Å². The van der Waals surface area contributed by atoms with Crippen LogP contribution in [0.5, 0.6) is 0 Å². The Labute approximate surface area is 406 Å². The lowest BCUT2D eigenvalue weighted by Crippen LogP contribution is -2.30. The number of carbonyl (C=O) groups excluding carboxylic acids is 3. The first-order valence-corrected chi connectivity index (χ1v) is 29.1. The summed E-state index contributed by atoms with van der Waals surface area (Å²) in [4.78, 5) is 38.1. The molecule has 0 rings (SSSR count). The first-order valence-electron chi connectivity index (χ1n) is 29.1. The summed E-state index contributed by atoms with van der Waals surface area (Å²) in [7, 11) is 0. The minimum Gasteiger partial charge on any atom is -0.462 e. The maximum Gasteiger partial charge on any atom is 0.306 e. The Morgan fingerprint density at radius 2 is 0.446 bits per heavy atom. The molecule has 6 heteroatoms. The van der Waals surface area contributed by atoms with Crippen LogP contribution in [0.1, 0.15) is 324 Å². The predicted molar refractivity (Wildman–Crippen MR) is 279 cm³/mol. The lowest BCUT2D eigenvalue weighted by molar-refractivity contribution is -0.167. The maximum atomic E-state index is 12.8. The Kier molecular flexibility index (Phi) is 49.1. The average Bonchev–Trinajstić information content (AvgIpc) is 3.26. The molecule has 0 amide bonds. The van der Waals surface area contributed by atoms with E-state index in [1.54, 1.807) is 0 Å². The minimum atomic E-state index is -0.764. The van der Waals surface area contributed by atoms with E-state index in [2.05, 4.69) is 41.5 Å². The fourth-order valence-corrected chi connectivity index (χ4v) is 9.00. The highest BCUT2D eigenvalue weighted by Crippen LogP contribution is 2.18. The van der Waals surface area contributed by atoms with Gasteiger partial charge < -0.3 is 14.2 Å². The van der Waals surface area contributed by atoms with E-state index in [1.807, 2.05) is 0 Å². The molecule has 0 bridgehead atoms. The zero-order chi connectivity index (χ0) is 47.7. The molecule has 0 radical (unpaired) electrons. The van der Waals surface area contributed by atoms with Crippen LogP contribution in [-0.4, -0.2) is 37.2 Å². The van der Waals surface area contributed by atoms with Gasteiger partial charge in [-0.2, -0.15) is 0 Å². The Bertz CT molecular complexity index is 1010. The third-order valence-corrected chi connectivity index (χ3v) is 13.4. The van der Waals surface area contributed by atoms with Gasteiger partial charge in [-0.05, 0) is 37.0 Å². The summed E-state index contributed by atoms with van der Waals surface area (Å²) in [6.07, 6.45) is 52.4. The van der Waals surface area contributed by atoms with E-state index in [1.165, 1.54) is 205 Å². The second-order valence-electron chi connectivity index (χ2n) is 21.7. The molecule has 6 nitrogen and oxygen atoms in total. The van der Waals surface area contributed by atoms with Crippen LogP contribution in [0.2, 0.25) is 0 Å². The zero-order valence-electron chi connectivity index (χ0n) is 44.8. The van der Waals surface area contributed by atoms with Gasteiger partial charge in [0.2, 0.25) is 0 Å². The van der Waals surface area contributed by atoms with Crippen LogP contribution in [0, 0.1) is 17.8 Å². The fourth-order valence-electron chi connectivity index (χ4n) is 9.00. The molecule has 0 saturated heterocycles. The first-order chi connectivity index (χ1) is 31.6. The van der Waals surface area contributed by atoms with E-state index in [0.717, 1.165) is 75.5 Å². The van der Waals surface area contributed by atoms with Crippen molar-refractivity contribution in [1.82, 2.24) is 0 Å². The zero-order valence-corrected chi connectivity index (χ0v) is 44.8. The van der Waals surface area contributed by atoms with Gasteiger partial charge in [-0.3, -0.25) is 14.4 Å². The number of hydrogen-bond acceptors (Lipinski definition) is 6. The maximum absolute atomic E-state index is 12.8. The van der Waals surface area contributed by atoms with Crippen molar-refractivity contribution >= 4 is 17.9 Å². The number of unbranched alkanes of at least 4 members (excludes halogenated alkanes) is 35. The number of carbonyl (C=O) groups is 3. The largest absolute Gasteiger partial charge is 0.462 e. The van der Waals surface area contributed by atoms with E-state index in [0.29, 0.717) is 19.3 Å². The topological polar surface area (TPSA) is 78.9 Å². The lowest BCUT2D eigenvalue weighted by Gasteiger charge is -2.18. The van der Waals surface area contributed by atoms with Gasteiger partial charge in [-0.1, -0.05) is 286 Å². The quantitative estimate of drug-likeness (QED) is 0.0344. The SMILES string of the molecule is CC(C)CCCCCCCCCCCCCCCCCCC(=O)OC[C@H](COC(=O)CCCCCCCCCCCCCCCC(C)C)OC(=O)CCCCCCCCCCCC(C)C. The predicted octanol–water partition coefficient (Wildman–Crippen LogP) is 19.1. The molecular weight excluding hydrogens is 805 g/mol. The molecule has 0 aromatic carbocycles. The van der Waals surface area contributed by atoms with Gasteiger partial charge in [0, 0.05) is 19.3 Å². The first kappa shape index (κ1) is 63.4. The molecule has 0 saturated carbocycles. The van der Waals surface area contributed by atoms with Crippen LogP contribution >= 0.6 is 0 Å². The normalized spacial score (nSPS) is 12.1. The number of esters is 3. The summed E-state index contributed by atoms with van der Waals surface area (Å²) in [5, 5.41) is 0. The summed E-state index contributed by atoms with van der Waals surface area (Å²) in [6, 6.07) is 0. The summed E-state index contributed by atoms with van der Waals surface area (Å²) in [5.74, 6) is 1.65. The molecule has 1 atom stereocenters. The lowest BCUT2D eigenvalue weighted by atomic mass is 10.0. The van der Waals surface area contributed by atoms with Crippen LogP contribution in [0.3, 0.4) is 0 Å².